The van der Waals surface area contributed by atoms with Gasteiger partial charge in [-0.1, -0.05) is 20.8 Å². The van der Waals surface area contributed by atoms with Gasteiger partial charge in [0.2, 0.25) is 5.91 Å². The van der Waals surface area contributed by atoms with Crippen LogP contribution in [0.4, 0.5) is 0 Å². The summed E-state index contributed by atoms with van der Waals surface area (Å²) in [6.07, 6.45) is 2.05. The fourth-order valence-corrected chi connectivity index (χ4v) is 4.60. The second-order valence-electron chi connectivity index (χ2n) is 6.43. The lowest BCUT2D eigenvalue weighted by Crippen LogP contribution is -2.47. The van der Waals surface area contributed by atoms with Crippen molar-refractivity contribution < 1.29 is 9.59 Å². The first-order valence-electron chi connectivity index (χ1n) is 6.41. The van der Waals surface area contributed by atoms with E-state index in [1.165, 1.54) is 0 Å². The smallest absolute Gasteiger partial charge is 0.237 e. The number of nitrogens with zero attached hydrogens (tertiary/aromatic N) is 1. The van der Waals surface area contributed by atoms with Gasteiger partial charge in [0, 0.05) is 12.0 Å². The monoisotopic (exact) mass is 236 g/mol. The molecule has 0 aromatic heterocycles. The molecule has 0 aromatic carbocycles. The average molecular weight is 236 g/mol. The van der Waals surface area contributed by atoms with Crippen molar-refractivity contribution in [3.63, 3.8) is 0 Å². The van der Waals surface area contributed by atoms with Gasteiger partial charge < -0.3 is 10.6 Å². The summed E-state index contributed by atoms with van der Waals surface area (Å²) in [6.45, 7) is 6.86. The summed E-state index contributed by atoms with van der Waals surface area (Å²) in [6, 6.07) is 0. The molecule has 4 nitrogen and oxygen atoms in total. The van der Waals surface area contributed by atoms with Crippen molar-refractivity contribution in [2.45, 2.75) is 39.2 Å². The quantitative estimate of drug-likeness (QED) is 0.723. The molecule has 1 aliphatic heterocycles. The van der Waals surface area contributed by atoms with Gasteiger partial charge in [0.05, 0.1) is 12.0 Å². The summed E-state index contributed by atoms with van der Waals surface area (Å²) < 4.78 is 0. The van der Waals surface area contributed by atoms with Gasteiger partial charge in [-0.25, -0.2) is 0 Å². The standard InChI is InChI=1S/C13H20N2O2/c1-8-6-12(8)4-5-15(9(16)7-14)13(12)10(17)11(13,2)3/h8H,4-7,14H2,1-3H3/t8-,12?,13?/m1/s1. The van der Waals surface area contributed by atoms with Crippen LogP contribution >= 0.6 is 0 Å². The van der Waals surface area contributed by atoms with Crippen LogP contribution in [0.2, 0.25) is 0 Å². The second kappa shape index (κ2) is 2.74. The van der Waals surface area contributed by atoms with Crippen molar-refractivity contribution in [3.05, 3.63) is 0 Å². The van der Waals surface area contributed by atoms with Crippen LogP contribution in [0.3, 0.4) is 0 Å². The van der Waals surface area contributed by atoms with Crippen molar-refractivity contribution in [1.29, 1.82) is 0 Å². The molecule has 2 aliphatic carbocycles. The molecule has 2 N–H and O–H groups in total. The van der Waals surface area contributed by atoms with E-state index < -0.39 is 5.54 Å². The van der Waals surface area contributed by atoms with Gasteiger partial charge in [-0.3, -0.25) is 9.59 Å². The fraction of sp³-hybridized carbons (Fsp3) is 0.846. The molecule has 0 aromatic rings. The summed E-state index contributed by atoms with van der Waals surface area (Å²) in [4.78, 5) is 26.1. The highest BCUT2D eigenvalue weighted by atomic mass is 16.2. The van der Waals surface area contributed by atoms with Crippen LogP contribution in [0, 0.1) is 16.7 Å². The summed E-state index contributed by atoms with van der Waals surface area (Å²) in [5.41, 5.74) is 4.65. The van der Waals surface area contributed by atoms with Gasteiger partial charge >= 0.3 is 0 Å². The molecular weight excluding hydrogens is 216 g/mol. The van der Waals surface area contributed by atoms with Crippen molar-refractivity contribution in [2.75, 3.05) is 13.1 Å². The van der Waals surface area contributed by atoms with E-state index in [0.29, 0.717) is 12.5 Å². The maximum atomic E-state index is 12.4. The predicted octanol–water partition coefficient (Wildman–Crippen LogP) is 0.551. The van der Waals surface area contributed by atoms with Crippen LogP contribution in [-0.2, 0) is 9.59 Å². The van der Waals surface area contributed by atoms with E-state index in [1.54, 1.807) is 4.90 Å². The Kier molecular flexibility index (Phi) is 1.81. The molecule has 4 heteroatoms. The zero-order valence-electron chi connectivity index (χ0n) is 10.7. The minimum atomic E-state index is -0.518. The first-order chi connectivity index (χ1) is 7.86. The lowest BCUT2D eigenvalue weighted by atomic mass is 9.86. The Morgan fingerprint density at radius 2 is 2.06 bits per heavy atom. The van der Waals surface area contributed by atoms with E-state index in [4.69, 9.17) is 5.73 Å². The Labute approximate surface area is 102 Å². The molecule has 3 rings (SSSR count). The van der Waals surface area contributed by atoms with E-state index in [2.05, 4.69) is 6.92 Å². The lowest BCUT2D eigenvalue weighted by Gasteiger charge is -2.30. The third kappa shape index (κ3) is 0.885. The summed E-state index contributed by atoms with van der Waals surface area (Å²) in [7, 11) is 0. The maximum absolute atomic E-state index is 12.4. The number of ketones is 1. The topological polar surface area (TPSA) is 63.4 Å². The van der Waals surface area contributed by atoms with E-state index >= 15 is 0 Å². The Morgan fingerprint density at radius 3 is 2.41 bits per heavy atom. The average Bonchev–Trinajstić information content (AvgIpc) is 2.96. The van der Waals surface area contributed by atoms with E-state index in [9.17, 15) is 9.59 Å². The highest BCUT2D eigenvalue weighted by Gasteiger charge is 2.89. The first-order valence-corrected chi connectivity index (χ1v) is 6.41. The molecule has 2 unspecified atom stereocenters. The Hall–Kier alpha value is -0.900. The molecule has 2 saturated carbocycles. The normalized spacial score (nSPS) is 45.8. The van der Waals surface area contributed by atoms with Gasteiger partial charge in [0.1, 0.15) is 5.54 Å². The molecule has 1 heterocycles. The number of hydrogen-bond donors (Lipinski definition) is 1. The van der Waals surface area contributed by atoms with Gasteiger partial charge in [-0.05, 0) is 18.8 Å². The molecule has 3 fully saturated rings. The molecule has 3 aliphatic rings. The molecule has 17 heavy (non-hydrogen) atoms. The van der Waals surface area contributed by atoms with Crippen molar-refractivity contribution in [2.24, 2.45) is 22.5 Å². The third-order valence-electron chi connectivity index (χ3n) is 5.57. The highest BCUT2D eigenvalue weighted by molar-refractivity contribution is 6.15. The van der Waals surface area contributed by atoms with Crippen LogP contribution in [0.5, 0.6) is 0 Å². The molecular formula is C13H20N2O2. The van der Waals surface area contributed by atoms with Crippen LogP contribution in [0.15, 0.2) is 0 Å². The van der Waals surface area contributed by atoms with Crippen molar-refractivity contribution in [3.8, 4) is 0 Å². The number of carbonyl (C=O) groups excluding carboxylic acids is 2. The van der Waals surface area contributed by atoms with E-state index in [1.807, 2.05) is 13.8 Å². The minimum Gasteiger partial charge on any atom is -0.327 e. The van der Waals surface area contributed by atoms with Gasteiger partial charge in [0.15, 0.2) is 5.78 Å². The maximum Gasteiger partial charge on any atom is 0.237 e. The Morgan fingerprint density at radius 1 is 1.53 bits per heavy atom. The number of carbonyl (C=O) groups is 2. The zero-order valence-corrected chi connectivity index (χ0v) is 10.7. The second-order valence-corrected chi connectivity index (χ2v) is 6.43. The number of rotatable bonds is 1. The molecule has 94 valence electrons. The SMILES string of the molecule is C[C@@H]1CC12CCN(C(=O)CN)C21C(=O)C1(C)C. The summed E-state index contributed by atoms with van der Waals surface area (Å²) in [5, 5.41) is 0. The van der Waals surface area contributed by atoms with Crippen molar-refractivity contribution >= 4 is 11.7 Å². The highest BCUT2D eigenvalue weighted by Crippen LogP contribution is 2.79. The number of nitrogens with two attached hydrogens (primary N) is 1. The van der Waals surface area contributed by atoms with Gasteiger partial charge in [-0.2, -0.15) is 0 Å². The van der Waals surface area contributed by atoms with Crippen LogP contribution in [-0.4, -0.2) is 35.2 Å². The van der Waals surface area contributed by atoms with E-state index in [0.717, 1.165) is 12.8 Å². The molecule has 1 saturated heterocycles. The number of likely N-dealkylation sites (tertiary alicyclic amines) is 1. The molecule has 3 atom stereocenters. The van der Waals surface area contributed by atoms with E-state index in [-0.39, 0.29) is 29.1 Å². The van der Waals surface area contributed by atoms with Crippen molar-refractivity contribution in [1.82, 2.24) is 4.90 Å². The predicted molar refractivity (Wildman–Crippen MR) is 63.1 cm³/mol. The van der Waals surface area contributed by atoms with Gasteiger partial charge in [0.25, 0.3) is 0 Å². The number of Topliss-reactive ketones (excluding diaryl/α,β-unsaturated/α-hetero) is 1. The van der Waals surface area contributed by atoms with Crippen LogP contribution in [0.25, 0.3) is 0 Å². The largest absolute Gasteiger partial charge is 0.327 e. The third-order valence-corrected chi connectivity index (χ3v) is 5.57. The summed E-state index contributed by atoms with van der Waals surface area (Å²) >= 11 is 0. The lowest BCUT2D eigenvalue weighted by molar-refractivity contribution is -0.134. The minimum absolute atomic E-state index is 0.00949. The fourth-order valence-electron chi connectivity index (χ4n) is 4.60. The molecule has 1 amide bonds. The Balaban J connectivity index is 2.07. The summed E-state index contributed by atoms with van der Waals surface area (Å²) in [5.74, 6) is 0.734. The zero-order chi connectivity index (χ0) is 12.6. The first kappa shape index (κ1) is 11.2. The molecule has 0 bridgehead atoms. The number of hydrogen-bond acceptors (Lipinski definition) is 3. The number of amides is 1. The Bertz CT molecular complexity index is 431. The van der Waals surface area contributed by atoms with Crippen LogP contribution in [0.1, 0.15) is 33.6 Å². The number of fused-ring (bicyclic) bond motifs is 1. The van der Waals surface area contributed by atoms with Crippen LogP contribution < -0.4 is 5.73 Å². The van der Waals surface area contributed by atoms with Gasteiger partial charge in [-0.15, -0.1) is 0 Å². The molecule has 0 radical (unpaired) electrons. The molecule has 2 spiro atoms.